The van der Waals surface area contributed by atoms with Gasteiger partial charge in [0.2, 0.25) is 0 Å². The molecule has 0 bridgehead atoms. The Morgan fingerprint density at radius 2 is 2.05 bits per heavy atom. The van der Waals surface area contributed by atoms with Crippen molar-refractivity contribution in [2.45, 2.75) is 57.8 Å². The molecule has 1 aliphatic carbocycles. The number of rotatable bonds is 4. The number of aromatic nitrogens is 1. The molecule has 1 fully saturated rings. The predicted octanol–water partition coefficient (Wildman–Crippen LogP) is 3.85. The maximum atomic E-state index is 13.0. The number of hydrogen-bond donors (Lipinski definition) is 1. The zero-order valence-corrected chi connectivity index (χ0v) is 11.7. The van der Waals surface area contributed by atoms with E-state index in [9.17, 15) is 13.2 Å². The molecule has 2 atom stereocenters. The molecule has 1 aromatic rings. The van der Waals surface area contributed by atoms with Crippen LogP contribution >= 0.6 is 0 Å². The maximum absolute atomic E-state index is 13.0. The summed E-state index contributed by atoms with van der Waals surface area (Å²) in [6, 6.07) is 3.36. The third-order valence-electron chi connectivity index (χ3n) is 4.08. The smallest absolute Gasteiger partial charge is 0.308 e. The minimum absolute atomic E-state index is 0.240. The first kappa shape index (κ1) is 15.3. The lowest BCUT2D eigenvalue weighted by molar-refractivity contribution is -0.189. The Hall–Kier alpha value is -1.10. The predicted molar refractivity (Wildman–Crippen MR) is 72.3 cm³/mol. The molecule has 1 aliphatic rings. The number of pyridine rings is 1. The molecule has 2 unspecified atom stereocenters. The quantitative estimate of drug-likeness (QED) is 0.909. The van der Waals surface area contributed by atoms with Gasteiger partial charge in [-0.3, -0.25) is 4.98 Å². The van der Waals surface area contributed by atoms with Crippen molar-refractivity contribution in [2.24, 2.45) is 5.92 Å². The van der Waals surface area contributed by atoms with E-state index in [0.717, 1.165) is 24.1 Å². The van der Waals surface area contributed by atoms with Crippen LogP contribution in [-0.2, 0) is 13.0 Å². The molecule has 1 saturated carbocycles. The topological polar surface area (TPSA) is 24.9 Å². The molecule has 0 aromatic carbocycles. The molecule has 0 amide bonds. The Bertz CT molecular complexity index is 431. The Balaban J connectivity index is 2.01. The molecule has 112 valence electrons. The largest absolute Gasteiger partial charge is 0.393 e. The molecule has 0 saturated heterocycles. The van der Waals surface area contributed by atoms with Crippen LogP contribution in [0.4, 0.5) is 13.2 Å². The Labute approximate surface area is 117 Å². The van der Waals surface area contributed by atoms with Gasteiger partial charge in [0.25, 0.3) is 0 Å². The Kier molecular flexibility index (Phi) is 5.02. The van der Waals surface area contributed by atoms with Crippen LogP contribution in [0.15, 0.2) is 18.3 Å². The van der Waals surface area contributed by atoms with Gasteiger partial charge in [0.1, 0.15) is 0 Å². The van der Waals surface area contributed by atoms with Crippen molar-refractivity contribution in [3.8, 4) is 0 Å². The van der Waals surface area contributed by atoms with Gasteiger partial charge in [-0.1, -0.05) is 25.8 Å². The van der Waals surface area contributed by atoms with Gasteiger partial charge in [-0.25, -0.2) is 0 Å². The summed E-state index contributed by atoms with van der Waals surface area (Å²) >= 11 is 0. The van der Waals surface area contributed by atoms with Gasteiger partial charge in [-0.05, 0) is 30.9 Å². The average molecular weight is 286 g/mol. The van der Waals surface area contributed by atoms with Crippen molar-refractivity contribution in [1.29, 1.82) is 0 Å². The monoisotopic (exact) mass is 286 g/mol. The number of alkyl halides is 3. The van der Waals surface area contributed by atoms with Crippen LogP contribution in [-0.4, -0.2) is 17.2 Å². The molecular formula is C15H21F3N2. The second-order valence-electron chi connectivity index (χ2n) is 5.38. The van der Waals surface area contributed by atoms with E-state index < -0.39 is 18.1 Å². The van der Waals surface area contributed by atoms with Gasteiger partial charge in [0.15, 0.2) is 0 Å². The molecule has 1 aromatic heterocycles. The molecule has 1 N–H and O–H groups in total. The van der Waals surface area contributed by atoms with Crippen molar-refractivity contribution in [2.75, 3.05) is 0 Å². The summed E-state index contributed by atoms with van der Waals surface area (Å²) in [4.78, 5) is 4.28. The van der Waals surface area contributed by atoms with Crippen LogP contribution in [0, 0.1) is 5.92 Å². The number of nitrogens with zero attached hydrogens (tertiary/aromatic N) is 1. The van der Waals surface area contributed by atoms with Gasteiger partial charge >= 0.3 is 6.18 Å². The van der Waals surface area contributed by atoms with Gasteiger partial charge in [-0.2, -0.15) is 13.2 Å². The maximum Gasteiger partial charge on any atom is 0.393 e. The van der Waals surface area contributed by atoms with Gasteiger partial charge < -0.3 is 5.32 Å². The fraction of sp³-hybridized carbons (Fsp3) is 0.667. The third kappa shape index (κ3) is 3.72. The lowest BCUT2D eigenvalue weighted by atomic mass is 9.84. The number of aryl methyl sites for hydroxylation is 1. The fourth-order valence-electron chi connectivity index (χ4n) is 2.95. The summed E-state index contributed by atoms with van der Waals surface area (Å²) < 4.78 is 39.0. The van der Waals surface area contributed by atoms with Crippen LogP contribution < -0.4 is 5.32 Å². The summed E-state index contributed by atoms with van der Waals surface area (Å²) in [5.74, 6) is -1.22. The molecule has 0 aliphatic heterocycles. The molecule has 0 spiro atoms. The van der Waals surface area contributed by atoms with Crippen molar-refractivity contribution in [1.82, 2.24) is 10.3 Å². The molecule has 5 heteroatoms. The summed E-state index contributed by atoms with van der Waals surface area (Å²) in [6.45, 7) is 2.45. The van der Waals surface area contributed by atoms with Crippen LogP contribution in [0.25, 0.3) is 0 Å². The first-order valence-electron chi connectivity index (χ1n) is 7.25. The molecular weight excluding hydrogens is 265 g/mol. The van der Waals surface area contributed by atoms with E-state index in [-0.39, 0.29) is 6.42 Å². The zero-order valence-electron chi connectivity index (χ0n) is 11.7. The average Bonchev–Trinajstić information content (AvgIpc) is 2.44. The fourth-order valence-corrected chi connectivity index (χ4v) is 2.95. The van der Waals surface area contributed by atoms with Crippen molar-refractivity contribution in [3.63, 3.8) is 0 Å². The Morgan fingerprint density at radius 1 is 1.30 bits per heavy atom. The highest BCUT2D eigenvalue weighted by Gasteiger charge is 2.45. The highest BCUT2D eigenvalue weighted by molar-refractivity contribution is 5.19. The van der Waals surface area contributed by atoms with Crippen molar-refractivity contribution >= 4 is 0 Å². The number of hydrogen-bond acceptors (Lipinski definition) is 2. The normalized spacial score (nSPS) is 23.8. The van der Waals surface area contributed by atoms with E-state index in [2.05, 4.69) is 10.3 Å². The SMILES string of the molecule is CCc1cccnc1CNC1CCCCC1C(F)(F)F. The summed E-state index contributed by atoms with van der Waals surface area (Å²) in [7, 11) is 0. The number of halogens is 3. The van der Waals surface area contributed by atoms with E-state index in [4.69, 9.17) is 0 Å². The van der Waals surface area contributed by atoms with Crippen LogP contribution in [0.1, 0.15) is 43.9 Å². The van der Waals surface area contributed by atoms with Gasteiger partial charge in [0, 0.05) is 18.8 Å². The first-order chi connectivity index (χ1) is 9.52. The molecule has 2 nitrogen and oxygen atoms in total. The van der Waals surface area contributed by atoms with Crippen molar-refractivity contribution < 1.29 is 13.2 Å². The second-order valence-corrected chi connectivity index (χ2v) is 5.38. The number of nitrogens with one attached hydrogen (secondary N) is 1. The van der Waals surface area contributed by atoms with Crippen LogP contribution in [0.5, 0.6) is 0 Å². The zero-order chi connectivity index (χ0) is 14.6. The molecule has 0 radical (unpaired) electrons. The standard InChI is InChI=1S/C15H21F3N2/c1-2-11-6-5-9-19-14(11)10-20-13-8-4-3-7-12(13)15(16,17)18/h5-6,9,12-13,20H,2-4,7-8,10H2,1H3. The summed E-state index contributed by atoms with van der Waals surface area (Å²) in [6.07, 6.45) is 0.814. The first-order valence-corrected chi connectivity index (χ1v) is 7.25. The summed E-state index contributed by atoms with van der Waals surface area (Å²) in [5.41, 5.74) is 1.96. The van der Waals surface area contributed by atoms with E-state index in [0.29, 0.717) is 19.4 Å². The van der Waals surface area contributed by atoms with E-state index >= 15 is 0 Å². The van der Waals surface area contributed by atoms with Crippen LogP contribution in [0.3, 0.4) is 0 Å². The molecule has 1 heterocycles. The van der Waals surface area contributed by atoms with E-state index in [1.807, 2.05) is 19.1 Å². The third-order valence-corrected chi connectivity index (χ3v) is 4.08. The van der Waals surface area contributed by atoms with Gasteiger partial charge in [-0.15, -0.1) is 0 Å². The second kappa shape index (κ2) is 6.57. The lowest BCUT2D eigenvalue weighted by Gasteiger charge is -2.33. The van der Waals surface area contributed by atoms with E-state index in [1.54, 1.807) is 6.20 Å². The highest BCUT2D eigenvalue weighted by Crippen LogP contribution is 2.37. The minimum Gasteiger partial charge on any atom is -0.308 e. The Morgan fingerprint density at radius 3 is 2.75 bits per heavy atom. The van der Waals surface area contributed by atoms with Crippen molar-refractivity contribution in [3.05, 3.63) is 29.6 Å². The lowest BCUT2D eigenvalue weighted by Crippen LogP contribution is -2.45. The van der Waals surface area contributed by atoms with E-state index in [1.165, 1.54) is 0 Å². The molecule has 20 heavy (non-hydrogen) atoms. The summed E-state index contributed by atoms with van der Waals surface area (Å²) in [5, 5.41) is 3.09. The van der Waals surface area contributed by atoms with Crippen LogP contribution in [0.2, 0.25) is 0 Å². The highest BCUT2D eigenvalue weighted by atomic mass is 19.4. The van der Waals surface area contributed by atoms with Gasteiger partial charge in [0.05, 0.1) is 11.6 Å². The minimum atomic E-state index is -4.10. The molecule has 2 rings (SSSR count).